The number of ketones is 1. The summed E-state index contributed by atoms with van der Waals surface area (Å²) in [4.78, 5) is 25.2. The quantitative estimate of drug-likeness (QED) is 0.788. The molecule has 2 saturated carbocycles. The zero-order chi connectivity index (χ0) is 18.7. The molecular formula is C22H34O4. The van der Waals surface area contributed by atoms with E-state index in [0.717, 1.165) is 44.9 Å². The smallest absolute Gasteiger partial charge is 0.306 e. The lowest BCUT2D eigenvalue weighted by molar-refractivity contribution is -0.213. The highest BCUT2D eigenvalue weighted by Crippen LogP contribution is 2.64. The zero-order valence-corrected chi connectivity index (χ0v) is 16.5. The Morgan fingerprint density at radius 1 is 1.19 bits per heavy atom. The second-order valence-electron chi connectivity index (χ2n) is 10.1. The Morgan fingerprint density at radius 2 is 1.92 bits per heavy atom. The number of hydrogen-bond acceptors (Lipinski definition) is 3. The van der Waals surface area contributed by atoms with Gasteiger partial charge in [-0.05, 0) is 74.0 Å². The van der Waals surface area contributed by atoms with Crippen LogP contribution in [0.3, 0.4) is 0 Å². The monoisotopic (exact) mass is 362 g/mol. The van der Waals surface area contributed by atoms with Crippen LogP contribution in [-0.4, -0.2) is 28.6 Å². The normalized spacial score (nSPS) is 49.5. The molecule has 8 atom stereocenters. The predicted octanol–water partition coefficient (Wildman–Crippen LogP) is 4.46. The van der Waals surface area contributed by atoms with E-state index in [1.165, 1.54) is 6.42 Å². The molecule has 0 aromatic rings. The maximum Gasteiger partial charge on any atom is 0.306 e. The molecule has 2 saturated heterocycles. The minimum Gasteiger partial charge on any atom is -0.481 e. The average Bonchev–Trinajstić information content (AvgIpc) is 2.90. The van der Waals surface area contributed by atoms with Crippen LogP contribution in [-0.2, 0) is 14.3 Å². The van der Waals surface area contributed by atoms with Crippen LogP contribution < -0.4 is 0 Å². The van der Waals surface area contributed by atoms with Gasteiger partial charge in [0.1, 0.15) is 5.60 Å². The number of aliphatic carboxylic acids is 1. The van der Waals surface area contributed by atoms with E-state index in [1.54, 1.807) is 0 Å². The number of ether oxygens (including phenoxy) is 1. The number of fused-ring (bicyclic) bond motifs is 3. The first-order valence-electron chi connectivity index (χ1n) is 10.7. The molecule has 4 aliphatic rings. The molecule has 146 valence electrons. The molecule has 2 bridgehead atoms. The van der Waals surface area contributed by atoms with E-state index in [-0.39, 0.29) is 35.1 Å². The molecule has 4 heteroatoms. The zero-order valence-electron chi connectivity index (χ0n) is 16.5. The van der Waals surface area contributed by atoms with Gasteiger partial charge in [0.2, 0.25) is 0 Å². The van der Waals surface area contributed by atoms with Crippen molar-refractivity contribution in [3.05, 3.63) is 0 Å². The van der Waals surface area contributed by atoms with Gasteiger partial charge in [-0.1, -0.05) is 27.2 Å². The standard InChI is InChI=1S/C22H34O4/c1-13-6-7-18-17-9-8-16(14(2)20(24)25)21(17,3)12-19(23)22(18)10-4-5-15(11-13)26-22/h13-18H,4-12H2,1-3H3,(H,24,25)/t13-,14-,15+,16+,17-,18-,21-,22-/m0/s1. The second-order valence-corrected chi connectivity index (χ2v) is 10.1. The second kappa shape index (κ2) is 6.32. The highest BCUT2D eigenvalue weighted by atomic mass is 16.5. The summed E-state index contributed by atoms with van der Waals surface area (Å²) >= 11 is 0. The van der Waals surface area contributed by atoms with Crippen molar-refractivity contribution >= 4 is 11.8 Å². The van der Waals surface area contributed by atoms with Crippen molar-refractivity contribution in [3.63, 3.8) is 0 Å². The van der Waals surface area contributed by atoms with E-state index in [9.17, 15) is 14.7 Å². The Balaban J connectivity index is 1.71. The SMILES string of the molecule is C[C@H]1CC[C@H]2[C@@H]3CC[C@H]([C@H](C)C(=O)O)[C@]3(C)CC(=O)[C@]23CCC[C@H](C1)O3. The maximum atomic E-state index is 13.5. The number of carboxylic acid groups (broad SMARTS) is 1. The van der Waals surface area contributed by atoms with E-state index in [4.69, 9.17) is 4.74 Å². The van der Waals surface area contributed by atoms with Gasteiger partial charge in [-0.25, -0.2) is 0 Å². The van der Waals surface area contributed by atoms with E-state index >= 15 is 0 Å². The van der Waals surface area contributed by atoms with E-state index in [0.29, 0.717) is 18.3 Å². The van der Waals surface area contributed by atoms with Crippen LogP contribution in [0.1, 0.15) is 78.6 Å². The van der Waals surface area contributed by atoms with Crippen molar-refractivity contribution in [1.82, 2.24) is 0 Å². The minimum atomic E-state index is -0.718. The van der Waals surface area contributed by atoms with Crippen LogP contribution >= 0.6 is 0 Å². The Bertz CT molecular complexity index is 601. The molecule has 0 aromatic carbocycles. The molecule has 0 radical (unpaired) electrons. The van der Waals surface area contributed by atoms with E-state index in [2.05, 4.69) is 13.8 Å². The molecule has 4 fully saturated rings. The van der Waals surface area contributed by atoms with Gasteiger partial charge in [0.05, 0.1) is 12.0 Å². The lowest BCUT2D eigenvalue weighted by Gasteiger charge is -2.57. The number of hydrogen-bond donors (Lipinski definition) is 1. The van der Waals surface area contributed by atoms with Crippen LogP contribution in [0.25, 0.3) is 0 Å². The third-order valence-corrected chi connectivity index (χ3v) is 8.66. The number of Topliss-reactive ketones (excluding diaryl/α,β-unsaturated/α-hetero) is 1. The highest BCUT2D eigenvalue weighted by molar-refractivity contribution is 5.90. The summed E-state index contributed by atoms with van der Waals surface area (Å²) in [5.41, 5.74) is -0.738. The van der Waals surface area contributed by atoms with Gasteiger partial charge in [-0.15, -0.1) is 0 Å². The van der Waals surface area contributed by atoms with Gasteiger partial charge in [-0.2, -0.15) is 0 Å². The van der Waals surface area contributed by atoms with Crippen molar-refractivity contribution in [2.24, 2.45) is 35.0 Å². The third-order valence-electron chi connectivity index (χ3n) is 8.66. The largest absolute Gasteiger partial charge is 0.481 e. The molecule has 2 aliphatic carbocycles. The van der Waals surface area contributed by atoms with Gasteiger partial charge in [0.25, 0.3) is 0 Å². The molecule has 0 amide bonds. The van der Waals surface area contributed by atoms with Gasteiger partial charge in [0, 0.05) is 6.42 Å². The summed E-state index contributed by atoms with van der Waals surface area (Å²) in [6.45, 7) is 6.36. The molecule has 2 heterocycles. The van der Waals surface area contributed by atoms with Gasteiger partial charge >= 0.3 is 5.97 Å². The summed E-state index contributed by atoms with van der Waals surface area (Å²) in [6.07, 6.45) is 9.14. The summed E-state index contributed by atoms with van der Waals surface area (Å²) in [5, 5.41) is 9.59. The molecule has 26 heavy (non-hydrogen) atoms. The maximum absolute atomic E-state index is 13.5. The summed E-state index contributed by atoms with van der Waals surface area (Å²) in [7, 11) is 0. The van der Waals surface area contributed by atoms with Gasteiger partial charge < -0.3 is 9.84 Å². The number of rotatable bonds is 2. The molecule has 0 aromatic heterocycles. The van der Waals surface area contributed by atoms with Crippen LogP contribution in [0.15, 0.2) is 0 Å². The molecule has 0 unspecified atom stereocenters. The summed E-state index contributed by atoms with van der Waals surface area (Å²) < 4.78 is 6.63. The van der Waals surface area contributed by atoms with E-state index < -0.39 is 11.6 Å². The number of carbonyl (C=O) groups excluding carboxylic acids is 1. The van der Waals surface area contributed by atoms with Crippen LogP contribution in [0, 0.1) is 35.0 Å². The molecule has 1 spiro atoms. The van der Waals surface area contributed by atoms with Crippen LogP contribution in [0.2, 0.25) is 0 Å². The molecule has 4 nitrogen and oxygen atoms in total. The Morgan fingerprint density at radius 3 is 2.65 bits per heavy atom. The molecule has 4 rings (SSSR count). The van der Waals surface area contributed by atoms with Gasteiger partial charge in [0.15, 0.2) is 5.78 Å². The lowest BCUT2D eigenvalue weighted by Crippen LogP contribution is -2.62. The Kier molecular flexibility index (Phi) is 4.49. The average molecular weight is 363 g/mol. The third kappa shape index (κ3) is 2.58. The van der Waals surface area contributed by atoms with E-state index in [1.807, 2.05) is 6.92 Å². The topological polar surface area (TPSA) is 63.6 Å². The lowest BCUT2D eigenvalue weighted by atomic mass is 9.52. The van der Waals surface area contributed by atoms with Crippen molar-refractivity contribution < 1.29 is 19.4 Å². The van der Waals surface area contributed by atoms with Crippen molar-refractivity contribution in [3.8, 4) is 0 Å². The summed E-state index contributed by atoms with van der Waals surface area (Å²) in [6, 6.07) is 0. The first-order valence-corrected chi connectivity index (χ1v) is 10.7. The minimum absolute atomic E-state index is 0.105. The van der Waals surface area contributed by atoms with Crippen LogP contribution in [0.5, 0.6) is 0 Å². The molecule has 1 N–H and O–H groups in total. The molecule has 2 aliphatic heterocycles. The van der Waals surface area contributed by atoms with Gasteiger partial charge in [-0.3, -0.25) is 9.59 Å². The summed E-state index contributed by atoms with van der Waals surface area (Å²) in [5.74, 6) is 0.652. The first-order chi connectivity index (χ1) is 12.3. The fraction of sp³-hybridized carbons (Fsp3) is 0.909. The fourth-order valence-corrected chi connectivity index (χ4v) is 7.35. The number of carbonyl (C=O) groups is 2. The van der Waals surface area contributed by atoms with Crippen molar-refractivity contribution in [2.75, 3.05) is 0 Å². The first kappa shape index (κ1) is 18.5. The Labute approximate surface area is 157 Å². The fourth-order valence-electron chi connectivity index (χ4n) is 7.35. The molecular weight excluding hydrogens is 328 g/mol. The highest BCUT2D eigenvalue weighted by Gasteiger charge is 2.65. The van der Waals surface area contributed by atoms with Crippen molar-refractivity contribution in [2.45, 2.75) is 90.3 Å². The number of carboxylic acids is 1. The Hall–Kier alpha value is -0.900. The van der Waals surface area contributed by atoms with Crippen LogP contribution in [0.4, 0.5) is 0 Å². The predicted molar refractivity (Wildman–Crippen MR) is 98.7 cm³/mol. The van der Waals surface area contributed by atoms with Crippen molar-refractivity contribution in [1.29, 1.82) is 0 Å².